The third-order valence-electron chi connectivity index (χ3n) is 1.82. The van der Waals surface area contributed by atoms with Crippen LogP contribution < -0.4 is 5.73 Å². The van der Waals surface area contributed by atoms with Gasteiger partial charge in [-0.25, -0.2) is 0 Å². The lowest BCUT2D eigenvalue weighted by molar-refractivity contribution is 0.953. The van der Waals surface area contributed by atoms with E-state index in [1.807, 2.05) is 0 Å². The van der Waals surface area contributed by atoms with Crippen molar-refractivity contribution in [2.75, 3.05) is 0 Å². The van der Waals surface area contributed by atoms with Gasteiger partial charge in [0.05, 0.1) is 0 Å². The second-order valence-electron chi connectivity index (χ2n) is 3.40. The van der Waals surface area contributed by atoms with Crippen LogP contribution in [-0.4, -0.2) is 0 Å². The summed E-state index contributed by atoms with van der Waals surface area (Å²) in [5, 5.41) is 0. The molecule has 0 unspecified atom stereocenters. The van der Waals surface area contributed by atoms with Crippen molar-refractivity contribution in [3.8, 4) is 0 Å². The first kappa shape index (κ1) is 9.27. The standard InChI is InChI=1S/C11H16N/c1-9(2)7-10-3-5-11(8-12)6-4-10/h3-6H,7-8,12H2,1-2H3. The molecule has 0 aliphatic rings. The van der Waals surface area contributed by atoms with Crippen LogP contribution in [0.4, 0.5) is 0 Å². The average Bonchev–Trinajstić information content (AvgIpc) is 2.05. The minimum Gasteiger partial charge on any atom is -0.326 e. The molecular formula is C11H16N. The Bertz CT molecular complexity index is 223. The van der Waals surface area contributed by atoms with Crippen molar-refractivity contribution in [1.29, 1.82) is 0 Å². The summed E-state index contributed by atoms with van der Waals surface area (Å²) in [7, 11) is 0. The molecule has 0 aromatic heterocycles. The van der Waals surface area contributed by atoms with E-state index in [4.69, 9.17) is 5.73 Å². The average molecular weight is 162 g/mol. The molecule has 0 bridgehead atoms. The molecule has 0 saturated carbocycles. The molecule has 0 spiro atoms. The second kappa shape index (κ2) is 4.27. The normalized spacial score (nSPS) is 10.7. The first-order valence-corrected chi connectivity index (χ1v) is 4.29. The fraction of sp³-hybridized carbons (Fsp3) is 0.364. The summed E-state index contributed by atoms with van der Waals surface area (Å²) >= 11 is 0. The molecule has 1 heteroatoms. The van der Waals surface area contributed by atoms with Crippen LogP contribution >= 0.6 is 0 Å². The Morgan fingerprint density at radius 3 is 2.00 bits per heavy atom. The molecule has 1 radical (unpaired) electrons. The quantitative estimate of drug-likeness (QED) is 0.725. The molecule has 0 aliphatic heterocycles. The molecule has 0 fully saturated rings. The zero-order chi connectivity index (χ0) is 8.97. The third-order valence-corrected chi connectivity index (χ3v) is 1.82. The SMILES string of the molecule is C[C](C)Cc1ccc(CN)cc1. The minimum atomic E-state index is 0.634. The molecule has 0 atom stereocenters. The lowest BCUT2D eigenvalue weighted by Crippen LogP contribution is -1.97. The van der Waals surface area contributed by atoms with Gasteiger partial charge in [-0.1, -0.05) is 38.1 Å². The number of hydrogen-bond acceptors (Lipinski definition) is 1. The largest absolute Gasteiger partial charge is 0.326 e. The van der Waals surface area contributed by atoms with Crippen molar-refractivity contribution in [2.24, 2.45) is 5.73 Å². The van der Waals surface area contributed by atoms with Crippen LogP contribution in [0.15, 0.2) is 24.3 Å². The van der Waals surface area contributed by atoms with E-state index in [-0.39, 0.29) is 0 Å². The van der Waals surface area contributed by atoms with Gasteiger partial charge < -0.3 is 5.73 Å². The molecular weight excluding hydrogens is 146 g/mol. The first-order chi connectivity index (χ1) is 5.72. The van der Waals surface area contributed by atoms with Crippen molar-refractivity contribution in [3.05, 3.63) is 41.3 Å². The van der Waals surface area contributed by atoms with Crippen molar-refractivity contribution in [2.45, 2.75) is 26.8 Å². The van der Waals surface area contributed by atoms with E-state index in [2.05, 4.69) is 38.1 Å². The first-order valence-electron chi connectivity index (χ1n) is 4.29. The predicted octanol–water partition coefficient (Wildman–Crippen LogP) is 2.30. The highest BCUT2D eigenvalue weighted by Crippen LogP contribution is 2.10. The van der Waals surface area contributed by atoms with Crippen LogP contribution in [0, 0.1) is 5.92 Å². The van der Waals surface area contributed by atoms with Gasteiger partial charge in [0.2, 0.25) is 0 Å². The van der Waals surface area contributed by atoms with E-state index in [0.717, 1.165) is 6.42 Å². The van der Waals surface area contributed by atoms with Gasteiger partial charge in [0.1, 0.15) is 0 Å². The molecule has 1 rings (SSSR count). The van der Waals surface area contributed by atoms with Crippen molar-refractivity contribution < 1.29 is 0 Å². The maximum atomic E-state index is 5.50. The topological polar surface area (TPSA) is 26.0 Å². The molecule has 0 aliphatic carbocycles. The van der Waals surface area contributed by atoms with Gasteiger partial charge in [0.25, 0.3) is 0 Å². The Balaban J connectivity index is 2.65. The lowest BCUT2D eigenvalue weighted by Gasteiger charge is -2.04. The van der Waals surface area contributed by atoms with Crippen LogP contribution in [0.1, 0.15) is 25.0 Å². The molecule has 0 heterocycles. The van der Waals surface area contributed by atoms with Crippen molar-refractivity contribution in [1.82, 2.24) is 0 Å². The van der Waals surface area contributed by atoms with Gasteiger partial charge in [0.15, 0.2) is 0 Å². The summed E-state index contributed by atoms with van der Waals surface area (Å²) in [5.41, 5.74) is 8.07. The Labute approximate surface area is 74.6 Å². The number of rotatable bonds is 3. The second-order valence-corrected chi connectivity index (χ2v) is 3.40. The molecule has 65 valence electrons. The van der Waals surface area contributed by atoms with Gasteiger partial charge in [0, 0.05) is 6.54 Å². The highest BCUT2D eigenvalue weighted by atomic mass is 14.5. The van der Waals surface area contributed by atoms with Crippen molar-refractivity contribution in [3.63, 3.8) is 0 Å². The molecule has 1 aromatic carbocycles. The van der Waals surface area contributed by atoms with E-state index < -0.39 is 0 Å². The summed E-state index contributed by atoms with van der Waals surface area (Å²) in [5.74, 6) is 1.44. The van der Waals surface area contributed by atoms with Crippen LogP contribution in [0.3, 0.4) is 0 Å². The van der Waals surface area contributed by atoms with Crippen LogP contribution in [0.25, 0.3) is 0 Å². The Morgan fingerprint density at radius 2 is 1.58 bits per heavy atom. The Hall–Kier alpha value is -0.820. The molecule has 1 nitrogen and oxygen atoms in total. The highest BCUT2D eigenvalue weighted by Gasteiger charge is 1.97. The van der Waals surface area contributed by atoms with Crippen LogP contribution in [-0.2, 0) is 13.0 Å². The molecule has 12 heavy (non-hydrogen) atoms. The van der Waals surface area contributed by atoms with E-state index in [0.29, 0.717) is 6.54 Å². The summed E-state index contributed by atoms with van der Waals surface area (Å²) < 4.78 is 0. The lowest BCUT2D eigenvalue weighted by atomic mass is 10.0. The highest BCUT2D eigenvalue weighted by molar-refractivity contribution is 5.24. The molecule has 2 N–H and O–H groups in total. The summed E-state index contributed by atoms with van der Waals surface area (Å²) in [6, 6.07) is 8.49. The summed E-state index contributed by atoms with van der Waals surface area (Å²) in [6.45, 7) is 4.93. The number of nitrogens with two attached hydrogens (primary N) is 1. The summed E-state index contributed by atoms with van der Waals surface area (Å²) in [6.07, 6.45) is 1.07. The fourth-order valence-corrected chi connectivity index (χ4v) is 1.20. The fourth-order valence-electron chi connectivity index (χ4n) is 1.20. The number of benzene rings is 1. The zero-order valence-corrected chi connectivity index (χ0v) is 7.80. The van der Waals surface area contributed by atoms with Crippen LogP contribution in [0.5, 0.6) is 0 Å². The maximum absolute atomic E-state index is 5.50. The third kappa shape index (κ3) is 2.67. The van der Waals surface area contributed by atoms with Gasteiger partial charge in [-0.15, -0.1) is 0 Å². The molecule has 0 amide bonds. The van der Waals surface area contributed by atoms with Gasteiger partial charge in [-0.05, 0) is 23.5 Å². The Morgan fingerprint density at radius 1 is 1.08 bits per heavy atom. The van der Waals surface area contributed by atoms with Gasteiger partial charge in [-0.3, -0.25) is 0 Å². The van der Waals surface area contributed by atoms with E-state index in [9.17, 15) is 0 Å². The molecule has 1 aromatic rings. The Kier molecular flexibility index (Phi) is 3.30. The zero-order valence-electron chi connectivity index (χ0n) is 7.80. The maximum Gasteiger partial charge on any atom is 0.0178 e. The van der Waals surface area contributed by atoms with E-state index in [1.165, 1.54) is 17.0 Å². The predicted molar refractivity (Wildman–Crippen MR) is 52.6 cm³/mol. The van der Waals surface area contributed by atoms with Crippen LogP contribution in [0.2, 0.25) is 0 Å². The van der Waals surface area contributed by atoms with E-state index in [1.54, 1.807) is 0 Å². The summed E-state index contributed by atoms with van der Waals surface area (Å²) in [4.78, 5) is 0. The van der Waals surface area contributed by atoms with Gasteiger partial charge in [-0.2, -0.15) is 0 Å². The number of hydrogen-bond donors (Lipinski definition) is 1. The monoisotopic (exact) mass is 162 g/mol. The smallest absolute Gasteiger partial charge is 0.0178 e. The van der Waals surface area contributed by atoms with Crippen molar-refractivity contribution >= 4 is 0 Å². The molecule has 0 saturated heterocycles. The minimum absolute atomic E-state index is 0.634. The van der Waals surface area contributed by atoms with E-state index >= 15 is 0 Å². The van der Waals surface area contributed by atoms with Gasteiger partial charge >= 0.3 is 0 Å².